The molecule has 1 aliphatic carbocycles. The molecule has 1 saturated carbocycles. The van der Waals surface area contributed by atoms with Gasteiger partial charge in [-0.25, -0.2) is 0 Å². The quantitative estimate of drug-likeness (QED) is 0.880. The number of carbonyl (C=O) groups excluding carboxylic acids is 1. The zero-order chi connectivity index (χ0) is 15.0. The second-order valence-corrected chi connectivity index (χ2v) is 5.93. The smallest absolute Gasteiger partial charge is 0.306 e. The summed E-state index contributed by atoms with van der Waals surface area (Å²) >= 11 is 0. The summed E-state index contributed by atoms with van der Waals surface area (Å²) in [4.78, 5) is 22.0. The van der Waals surface area contributed by atoms with Crippen LogP contribution in [0.4, 0.5) is 0 Å². The van der Waals surface area contributed by atoms with Crippen molar-refractivity contribution in [1.82, 2.24) is 9.78 Å². The van der Waals surface area contributed by atoms with E-state index in [0.717, 1.165) is 30.0 Å². The Labute approximate surface area is 122 Å². The van der Waals surface area contributed by atoms with Crippen LogP contribution in [-0.4, -0.2) is 27.1 Å². The number of nitrogens with zero attached hydrogens (tertiary/aromatic N) is 2. The zero-order valence-corrected chi connectivity index (χ0v) is 11.9. The molecule has 3 atom stereocenters. The standard InChI is InChI=1S/C16H18N2O3/c1-10-6-13(4-5-14(10)16(20)21)18-8-12-3-2-11(9-19)7-15(12)17-18/h2-3,7-10,13-14H,4-6H2,1H3,(H,20,21)/t10-,13-,14-/m1/s1. The molecule has 1 aromatic carbocycles. The van der Waals surface area contributed by atoms with E-state index in [0.29, 0.717) is 12.0 Å². The SMILES string of the molecule is C[C@@H]1C[C@H](n2cc3ccc(C=O)cc3n2)CC[C@H]1C(=O)O. The largest absolute Gasteiger partial charge is 0.481 e. The van der Waals surface area contributed by atoms with Crippen LogP contribution < -0.4 is 0 Å². The minimum atomic E-state index is -0.692. The van der Waals surface area contributed by atoms with Crippen LogP contribution in [0.3, 0.4) is 0 Å². The summed E-state index contributed by atoms with van der Waals surface area (Å²) in [5.74, 6) is -0.783. The van der Waals surface area contributed by atoms with E-state index in [-0.39, 0.29) is 17.9 Å². The molecule has 1 aliphatic rings. The van der Waals surface area contributed by atoms with Crippen LogP contribution >= 0.6 is 0 Å². The first-order valence-electron chi connectivity index (χ1n) is 7.25. The van der Waals surface area contributed by atoms with Gasteiger partial charge in [-0.1, -0.05) is 19.1 Å². The number of carboxylic acid groups (broad SMARTS) is 1. The molecule has 21 heavy (non-hydrogen) atoms. The third kappa shape index (κ3) is 2.55. The first-order valence-corrected chi connectivity index (χ1v) is 7.25. The van der Waals surface area contributed by atoms with E-state index in [1.165, 1.54) is 0 Å². The van der Waals surface area contributed by atoms with E-state index < -0.39 is 5.97 Å². The Hall–Kier alpha value is -2.17. The Balaban J connectivity index is 1.84. The highest BCUT2D eigenvalue weighted by atomic mass is 16.4. The molecule has 2 aromatic rings. The fourth-order valence-electron chi connectivity index (χ4n) is 3.29. The maximum atomic E-state index is 11.2. The molecular weight excluding hydrogens is 268 g/mol. The van der Waals surface area contributed by atoms with Gasteiger partial charge in [-0.05, 0) is 31.2 Å². The van der Waals surface area contributed by atoms with Crippen LogP contribution in [0.25, 0.3) is 10.9 Å². The van der Waals surface area contributed by atoms with Crippen LogP contribution in [-0.2, 0) is 4.79 Å². The molecule has 5 nitrogen and oxygen atoms in total. The van der Waals surface area contributed by atoms with Gasteiger partial charge in [-0.2, -0.15) is 5.10 Å². The van der Waals surface area contributed by atoms with Crippen LogP contribution in [0.1, 0.15) is 42.6 Å². The number of aromatic nitrogens is 2. The highest BCUT2D eigenvalue weighted by Crippen LogP contribution is 2.36. The average molecular weight is 286 g/mol. The van der Waals surface area contributed by atoms with Gasteiger partial charge >= 0.3 is 5.97 Å². The second-order valence-electron chi connectivity index (χ2n) is 5.93. The third-order valence-electron chi connectivity index (χ3n) is 4.52. The number of carboxylic acids is 1. The van der Waals surface area contributed by atoms with Gasteiger partial charge in [0, 0.05) is 17.1 Å². The van der Waals surface area contributed by atoms with Gasteiger partial charge in [0.2, 0.25) is 0 Å². The van der Waals surface area contributed by atoms with Gasteiger partial charge in [0.25, 0.3) is 0 Å². The monoisotopic (exact) mass is 286 g/mol. The Morgan fingerprint density at radius 2 is 2.24 bits per heavy atom. The molecule has 5 heteroatoms. The Morgan fingerprint density at radius 1 is 1.43 bits per heavy atom. The molecule has 0 radical (unpaired) electrons. The molecule has 0 spiro atoms. The van der Waals surface area contributed by atoms with E-state index in [1.807, 2.05) is 23.9 Å². The predicted octanol–water partition coefficient (Wildman–Crippen LogP) is 2.91. The predicted molar refractivity (Wildman–Crippen MR) is 78.3 cm³/mol. The van der Waals surface area contributed by atoms with E-state index in [2.05, 4.69) is 5.10 Å². The minimum Gasteiger partial charge on any atom is -0.481 e. The van der Waals surface area contributed by atoms with Gasteiger partial charge in [0.05, 0.1) is 17.5 Å². The summed E-state index contributed by atoms with van der Waals surface area (Å²) in [7, 11) is 0. The van der Waals surface area contributed by atoms with E-state index in [1.54, 1.807) is 12.1 Å². The average Bonchev–Trinajstić information content (AvgIpc) is 2.89. The molecule has 3 rings (SSSR count). The number of rotatable bonds is 3. The zero-order valence-electron chi connectivity index (χ0n) is 11.9. The van der Waals surface area contributed by atoms with Crippen molar-refractivity contribution < 1.29 is 14.7 Å². The van der Waals surface area contributed by atoms with E-state index in [4.69, 9.17) is 0 Å². The third-order valence-corrected chi connectivity index (χ3v) is 4.52. The van der Waals surface area contributed by atoms with E-state index >= 15 is 0 Å². The topological polar surface area (TPSA) is 72.2 Å². The van der Waals surface area contributed by atoms with Crippen molar-refractivity contribution in [3.8, 4) is 0 Å². The lowest BCUT2D eigenvalue weighted by Crippen LogP contribution is -2.30. The summed E-state index contributed by atoms with van der Waals surface area (Å²) in [6.07, 6.45) is 5.15. The molecule has 1 heterocycles. The number of fused-ring (bicyclic) bond motifs is 1. The number of benzene rings is 1. The van der Waals surface area contributed by atoms with Gasteiger partial charge in [0.1, 0.15) is 6.29 Å². The highest BCUT2D eigenvalue weighted by molar-refractivity contribution is 5.86. The molecule has 110 valence electrons. The van der Waals surface area contributed by atoms with Gasteiger partial charge in [-0.3, -0.25) is 14.3 Å². The molecule has 0 saturated heterocycles. The number of aliphatic carboxylic acids is 1. The summed E-state index contributed by atoms with van der Waals surface area (Å²) in [6, 6.07) is 5.70. The van der Waals surface area contributed by atoms with E-state index in [9.17, 15) is 14.7 Å². The van der Waals surface area contributed by atoms with Crippen molar-refractivity contribution >= 4 is 23.2 Å². The number of hydrogen-bond donors (Lipinski definition) is 1. The summed E-state index contributed by atoms with van der Waals surface area (Å²) in [6.45, 7) is 2.00. The molecular formula is C16H18N2O3. The minimum absolute atomic E-state index is 0.152. The molecule has 0 aliphatic heterocycles. The van der Waals surface area contributed by atoms with Crippen LogP contribution in [0.2, 0.25) is 0 Å². The Bertz CT molecular complexity index is 692. The lowest BCUT2D eigenvalue weighted by Gasteiger charge is -2.31. The first-order chi connectivity index (χ1) is 10.1. The number of hydrogen-bond acceptors (Lipinski definition) is 3. The molecule has 0 bridgehead atoms. The normalized spacial score (nSPS) is 25.9. The van der Waals surface area contributed by atoms with Crippen molar-refractivity contribution in [1.29, 1.82) is 0 Å². The van der Waals surface area contributed by atoms with Crippen molar-refractivity contribution in [3.05, 3.63) is 30.0 Å². The van der Waals surface area contributed by atoms with Crippen molar-refractivity contribution in [2.24, 2.45) is 11.8 Å². The number of carbonyl (C=O) groups is 2. The Kier molecular flexibility index (Phi) is 3.49. The maximum absolute atomic E-state index is 11.2. The van der Waals surface area contributed by atoms with Gasteiger partial charge in [-0.15, -0.1) is 0 Å². The summed E-state index contributed by atoms with van der Waals surface area (Å²) in [5, 5.41) is 14.7. The van der Waals surface area contributed by atoms with Gasteiger partial charge < -0.3 is 5.11 Å². The molecule has 1 N–H and O–H groups in total. The van der Waals surface area contributed by atoms with Gasteiger partial charge in [0.15, 0.2) is 0 Å². The first kappa shape index (κ1) is 13.8. The summed E-state index contributed by atoms with van der Waals surface area (Å²) < 4.78 is 1.94. The second kappa shape index (κ2) is 5.31. The fourth-order valence-corrected chi connectivity index (χ4v) is 3.29. The number of aldehydes is 1. The van der Waals surface area contributed by atoms with Crippen LogP contribution in [0, 0.1) is 11.8 Å². The summed E-state index contributed by atoms with van der Waals surface area (Å²) in [5.41, 5.74) is 1.43. The lowest BCUT2D eigenvalue weighted by atomic mass is 9.78. The lowest BCUT2D eigenvalue weighted by molar-refractivity contribution is -0.145. The van der Waals surface area contributed by atoms with Crippen LogP contribution in [0.15, 0.2) is 24.4 Å². The Morgan fingerprint density at radius 3 is 2.90 bits per heavy atom. The van der Waals surface area contributed by atoms with Crippen molar-refractivity contribution in [2.75, 3.05) is 0 Å². The van der Waals surface area contributed by atoms with Crippen molar-refractivity contribution in [2.45, 2.75) is 32.2 Å². The fraction of sp³-hybridized carbons (Fsp3) is 0.438. The highest BCUT2D eigenvalue weighted by Gasteiger charge is 2.33. The molecule has 0 unspecified atom stereocenters. The molecule has 1 aromatic heterocycles. The molecule has 1 fully saturated rings. The van der Waals surface area contributed by atoms with Crippen molar-refractivity contribution in [3.63, 3.8) is 0 Å². The van der Waals surface area contributed by atoms with Crippen LogP contribution in [0.5, 0.6) is 0 Å². The molecule has 0 amide bonds. The maximum Gasteiger partial charge on any atom is 0.306 e.